The third kappa shape index (κ3) is 3.73. The molecule has 3 rings (SSSR count). The first-order valence-corrected chi connectivity index (χ1v) is 10.4. The van der Waals surface area contributed by atoms with E-state index < -0.39 is 81.1 Å². The maximum absolute atomic E-state index is 13.7. The van der Waals surface area contributed by atoms with Gasteiger partial charge < -0.3 is 14.0 Å². The Morgan fingerprint density at radius 1 is 1.26 bits per heavy atom. The van der Waals surface area contributed by atoms with Crippen LogP contribution >= 0.6 is 0 Å². The van der Waals surface area contributed by atoms with Crippen LogP contribution in [-0.4, -0.2) is 54.3 Å². The first-order valence-electron chi connectivity index (χ1n) is 8.98. The average Bonchev–Trinajstić information content (AvgIpc) is 3.20. The molecule has 1 aliphatic heterocycles. The summed E-state index contributed by atoms with van der Waals surface area (Å²) in [6.07, 6.45) is -11.6. The third-order valence-corrected chi connectivity index (χ3v) is 6.99. The zero-order valence-electron chi connectivity index (χ0n) is 15.7. The van der Waals surface area contributed by atoms with E-state index in [0.717, 1.165) is 0 Å². The molecular formula is C17H16F5O8S-. The molecule has 14 heteroatoms. The van der Waals surface area contributed by atoms with Crippen molar-refractivity contribution in [2.45, 2.75) is 43.4 Å². The van der Waals surface area contributed by atoms with Gasteiger partial charge in [0.05, 0.1) is 11.8 Å². The van der Waals surface area contributed by atoms with Crippen molar-refractivity contribution >= 4 is 27.8 Å². The first kappa shape index (κ1) is 23.6. The summed E-state index contributed by atoms with van der Waals surface area (Å²) in [4.78, 5) is 36.7. The highest BCUT2D eigenvalue weighted by Gasteiger charge is 2.70. The summed E-state index contributed by atoms with van der Waals surface area (Å²) in [6, 6.07) is 0. The smallest absolute Gasteiger partial charge is 0.432 e. The topological polar surface area (TPSA) is 127 Å². The number of rotatable bonds is 7. The minimum atomic E-state index is -6.85. The second-order valence-corrected chi connectivity index (χ2v) is 9.41. The number of ketones is 1. The summed E-state index contributed by atoms with van der Waals surface area (Å²) in [5, 5.41) is -5.99. The van der Waals surface area contributed by atoms with Crippen LogP contribution in [0.1, 0.15) is 19.8 Å². The van der Waals surface area contributed by atoms with Crippen molar-refractivity contribution in [3.05, 3.63) is 12.2 Å². The van der Waals surface area contributed by atoms with E-state index in [2.05, 4.69) is 11.3 Å². The lowest BCUT2D eigenvalue weighted by molar-refractivity contribution is -0.261. The molecule has 0 radical (unpaired) electrons. The molecule has 2 aliphatic carbocycles. The molecule has 1 saturated heterocycles. The summed E-state index contributed by atoms with van der Waals surface area (Å²) >= 11 is 0. The normalized spacial score (nSPS) is 33.2. The van der Waals surface area contributed by atoms with E-state index >= 15 is 0 Å². The average molecular weight is 475 g/mol. The molecule has 7 unspecified atom stereocenters. The van der Waals surface area contributed by atoms with E-state index in [0.29, 0.717) is 0 Å². The molecule has 174 valence electrons. The van der Waals surface area contributed by atoms with Crippen LogP contribution in [0.2, 0.25) is 0 Å². The number of fused-ring (bicyclic) bond motifs is 1. The van der Waals surface area contributed by atoms with E-state index in [-0.39, 0.29) is 18.4 Å². The van der Waals surface area contributed by atoms with Gasteiger partial charge >= 0.3 is 23.4 Å². The fraction of sp³-hybridized carbons (Fsp3) is 0.706. The monoisotopic (exact) mass is 475 g/mol. The Morgan fingerprint density at radius 2 is 1.84 bits per heavy atom. The van der Waals surface area contributed by atoms with Gasteiger partial charge in [0.15, 0.2) is 15.9 Å². The predicted molar refractivity (Wildman–Crippen MR) is 87.0 cm³/mol. The Bertz CT molecular complexity index is 943. The van der Waals surface area contributed by atoms with Crippen molar-refractivity contribution in [1.82, 2.24) is 0 Å². The maximum atomic E-state index is 13.7. The Hall–Kier alpha value is -2.09. The molecule has 8 nitrogen and oxygen atoms in total. The van der Waals surface area contributed by atoms with Crippen molar-refractivity contribution < 1.29 is 58.8 Å². The number of allylic oxidation sites excluding steroid dienone is 1. The number of Topliss-reactive ketones (excluding diaryl/α,β-unsaturated/α-hetero) is 1. The molecular weight excluding hydrogens is 459 g/mol. The van der Waals surface area contributed by atoms with Crippen molar-refractivity contribution in [2.75, 3.05) is 0 Å². The molecule has 2 bridgehead atoms. The Kier molecular flexibility index (Phi) is 5.49. The van der Waals surface area contributed by atoms with Crippen LogP contribution < -0.4 is 0 Å². The maximum Gasteiger partial charge on any atom is 0.432 e. The summed E-state index contributed by atoms with van der Waals surface area (Å²) in [6.45, 7) is 4.87. The molecule has 31 heavy (non-hydrogen) atoms. The van der Waals surface area contributed by atoms with Crippen LogP contribution in [0.15, 0.2) is 12.2 Å². The molecule has 0 aromatic rings. The van der Waals surface area contributed by atoms with E-state index in [4.69, 9.17) is 4.74 Å². The molecule has 0 amide bonds. The van der Waals surface area contributed by atoms with Gasteiger partial charge in [0, 0.05) is 18.3 Å². The lowest BCUT2D eigenvalue weighted by Gasteiger charge is -2.33. The van der Waals surface area contributed by atoms with Crippen LogP contribution in [-0.2, 0) is 34.0 Å². The highest BCUT2D eigenvalue weighted by molar-refractivity contribution is 7.86. The first-order chi connectivity index (χ1) is 14.0. The van der Waals surface area contributed by atoms with Gasteiger partial charge in [0.1, 0.15) is 6.10 Å². The van der Waals surface area contributed by atoms with Gasteiger partial charge in [0.2, 0.25) is 0 Å². The summed E-state index contributed by atoms with van der Waals surface area (Å²) in [5.74, 6) is -8.53. The van der Waals surface area contributed by atoms with Gasteiger partial charge in [-0.05, 0) is 24.8 Å². The zero-order chi connectivity index (χ0) is 23.7. The highest BCUT2D eigenvalue weighted by Crippen LogP contribution is 2.61. The quantitative estimate of drug-likeness (QED) is 0.235. The summed E-state index contributed by atoms with van der Waals surface area (Å²) in [5.41, 5.74) is 0.153. The molecule has 0 N–H and O–H groups in total. The molecule has 2 saturated carbocycles. The summed E-state index contributed by atoms with van der Waals surface area (Å²) in [7, 11) is -6.85. The molecule has 1 heterocycles. The van der Waals surface area contributed by atoms with Crippen LogP contribution in [0.3, 0.4) is 0 Å². The minimum Gasteiger partial charge on any atom is -0.743 e. The summed E-state index contributed by atoms with van der Waals surface area (Å²) < 4.78 is 108. The van der Waals surface area contributed by atoms with E-state index in [1.54, 1.807) is 0 Å². The number of hydrogen-bond acceptors (Lipinski definition) is 8. The van der Waals surface area contributed by atoms with Crippen LogP contribution in [0.4, 0.5) is 22.0 Å². The number of carbonyl (C=O) groups is 3. The zero-order valence-corrected chi connectivity index (χ0v) is 16.5. The second kappa shape index (κ2) is 7.22. The molecule has 0 aromatic carbocycles. The van der Waals surface area contributed by atoms with E-state index in [1.807, 2.05) is 0 Å². The Labute approximate surface area is 172 Å². The standard InChI is InChI=1S/C17H17F5O8S/c1-5(2)9(23)4-7-6-3-8-11(13(24)29-12(7)8)10(6)14(25)30-15(16(18,19)20)17(21,22)31(26,27)28/h6-8,10-12,15H,1,3-4H2,2H3,(H,26,27,28)/p-1. The van der Waals surface area contributed by atoms with Gasteiger partial charge in [0.25, 0.3) is 6.10 Å². The SMILES string of the molecule is C=C(C)C(=O)CC1C2CC3C1OC(=O)C3C2C(=O)OC(C(F)(F)F)C(F)(F)S(=O)(=O)[O-]. The molecule has 0 aromatic heterocycles. The van der Waals surface area contributed by atoms with E-state index in [9.17, 15) is 49.3 Å². The van der Waals surface area contributed by atoms with E-state index in [1.165, 1.54) is 6.92 Å². The number of alkyl halides is 5. The lowest BCUT2D eigenvalue weighted by atomic mass is 9.72. The Morgan fingerprint density at radius 3 is 2.32 bits per heavy atom. The van der Waals surface area contributed by atoms with Crippen molar-refractivity contribution in [2.24, 2.45) is 29.6 Å². The second-order valence-electron chi connectivity index (χ2n) is 7.96. The number of esters is 2. The van der Waals surface area contributed by atoms with Crippen molar-refractivity contribution in [3.8, 4) is 0 Å². The van der Waals surface area contributed by atoms with Gasteiger partial charge in [-0.2, -0.15) is 22.0 Å². The van der Waals surface area contributed by atoms with Crippen LogP contribution in [0, 0.1) is 29.6 Å². The number of ether oxygens (including phenoxy) is 2. The van der Waals surface area contributed by atoms with Gasteiger partial charge in [-0.3, -0.25) is 14.4 Å². The number of halogens is 5. The molecule has 0 spiro atoms. The van der Waals surface area contributed by atoms with Gasteiger partial charge in [-0.15, -0.1) is 0 Å². The van der Waals surface area contributed by atoms with Crippen LogP contribution in [0.5, 0.6) is 0 Å². The molecule has 3 aliphatic rings. The Balaban J connectivity index is 1.91. The fourth-order valence-corrected chi connectivity index (χ4v) is 5.26. The number of hydrogen-bond donors (Lipinski definition) is 0. The van der Waals surface area contributed by atoms with Gasteiger partial charge in [-0.25, -0.2) is 8.42 Å². The fourth-order valence-electron chi connectivity index (χ4n) is 4.82. The highest BCUT2D eigenvalue weighted by atomic mass is 32.2. The lowest BCUT2D eigenvalue weighted by Crippen LogP contribution is -2.53. The minimum absolute atomic E-state index is 0.0991. The number of carbonyl (C=O) groups excluding carboxylic acids is 3. The van der Waals surface area contributed by atoms with Gasteiger partial charge in [-0.1, -0.05) is 6.58 Å². The largest absolute Gasteiger partial charge is 0.743 e. The van der Waals surface area contributed by atoms with Crippen LogP contribution in [0.25, 0.3) is 0 Å². The molecule has 7 atom stereocenters. The van der Waals surface area contributed by atoms with Crippen molar-refractivity contribution in [3.63, 3.8) is 0 Å². The molecule has 3 fully saturated rings. The predicted octanol–water partition coefficient (Wildman–Crippen LogP) is 1.56. The third-order valence-electron chi connectivity index (χ3n) is 6.11. The van der Waals surface area contributed by atoms with Crippen molar-refractivity contribution in [1.29, 1.82) is 0 Å².